The summed E-state index contributed by atoms with van der Waals surface area (Å²) in [5.74, 6) is -3.36. The van der Waals surface area contributed by atoms with Gasteiger partial charge in [0.15, 0.2) is 11.2 Å². The monoisotopic (exact) mass is 397 g/mol. The number of allylic oxidation sites excluding steroid dienone is 2. The van der Waals surface area contributed by atoms with Crippen molar-refractivity contribution in [1.82, 2.24) is 4.90 Å². The topological polar surface area (TPSA) is 113 Å². The number of Topliss-reactive ketones (excluding diaryl/α,β-unsaturated/α-hetero) is 1. The number of nitrogens with zero attached hydrogens (tertiary/aromatic N) is 2. The van der Waals surface area contributed by atoms with Crippen LogP contribution in [0.4, 0.5) is 4.39 Å². The fourth-order valence-electron chi connectivity index (χ4n) is 4.14. The van der Waals surface area contributed by atoms with Crippen LogP contribution in [0.25, 0.3) is 0 Å². The maximum absolute atomic E-state index is 13.5. The van der Waals surface area contributed by atoms with Crippen LogP contribution >= 0.6 is 0 Å². The third-order valence-electron chi connectivity index (χ3n) is 5.39. The van der Waals surface area contributed by atoms with Gasteiger partial charge in [0, 0.05) is 17.7 Å². The minimum atomic E-state index is -1.82. The highest BCUT2D eigenvalue weighted by atomic mass is 19.1. The number of amides is 1. The molecule has 2 aliphatic heterocycles. The lowest BCUT2D eigenvalue weighted by atomic mass is 9.68. The first-order valence-electron chi connectivity index (χ1n) is 9.09. The third-order valence-corrected chi connectivity index (χ3v) is 5.39. The Bertz CT molecular complexity index is 963. The first-order chi connectivity index (χ1) is 13.8. The van der Waals surface area contributed by atoms with Gasteiger partial charge >= 0.3 is 5.97 Å². The zero-order valence-corrected chi connectivity index (χ0v) is 16.0. The van der Waals surface area contributed by atoms with Gasteiger partial charge in [-0.05, 0) is 31.5 Å². The Morgan fingerprint density at radius 3 is 2.48 bits per heavy atom. The summed E-state index contributed by atoms with van der Waals surface area (Å²) in [6, 6.07) is 5.27. The summed E-state index contributed by atoms with van der Waals surface area (Å²) in [6.45, 7) is 3.01. The summed E-state index contributed by atoms with van der Waals surface area (Å²) < 4.78 is 18.7. The predicted octanol–water partition coefficient (Wildman–Crippen LogP) is 1.56. The lowest BCUT2D eigenvalue weighted by Crippen LogP contribution is -2.45. The van der Waals surface area contributed by atoms with Gasteiger partial charge in [0.1, 0.15) is 11.9 Å². The van der Waals surface area contributed by atoms with E-state index in [0.29, 0.717) is 11.1 Å². The molecule has 2 N–H and O–H groups in total. The molecule has 4 atom stereocenters. The number of benzene rings is 1. The lowest BCUT2D eigenvalue weighted by Gasteiger charge is -2.32. The van der Waals surface area contributed by atoms with Crippen LogP contribution in [0.5, 0.6) is 0 Å². The van der Waals surface area contributed by atoms with Crippen LogP contribution in [0, 0.1) is 22.6 Å². The van der Waals surface area contributed by atoms with Crippen molar-refractivity contribution in [3.8, 4) is 6.07 Å². The Kier molecular flexibility index (Phi) is 5.25. The Balaban J connectivity index is 2.28. The van der Waals surface area contributed by atoms with E-state index in [1.54, 1.807) is 6.92 Å². The molecule has 0 unspecified atom stereocenters. The highest BCUT2D eigenvalue weighted by Crippen LogP contribution is 2.53. The van der Waals surface area contributed by atoms with E-state index in [0.717, 1.165) is 0 Å². The van der Waals surface area contributed by atoms with Gasteiger partial charge in [-0.15, -0.1) is 0 Å². The van der Waals surface area contributed by atoms with Gasteiger partial charge in [-0.1, -0.05) is 24.3 Å². The molecule has 150 valence electrons. The molecule has 1 aromatic carbocycles. The van der Waals surface area contributed by atoms with E-state index in [4.69, 9.17) is 10.5 Å². The molecule has 1 fully saturated rings. The fourth-order valence-corrected chi connectivity index (χ4v) is 4.14. The molecule has 0 aliphatic carbocycles. The van der Waals surface area contributed by atoms with E-state index < -0.39 is 41.1 Å². The normalized spacial score (nSPS) is 27.6. The molecule has 0 saturated carbocycles. The second kappa shape index (κ2) is 7.51. The van der Waals surface area contributed by atoms with Crippen LogP contribution in [0.15, 0.2) is 48.2 Å². The van der Waals surface area contributed by atoms with Crippen molar-refractivity contribution >= 4 is 17.7 Å². The van der Waals surface area contributed by atoms with E-state index >= 15 is 0 Å². The predicted molar refractivity (Wildman–Crippen MR) is 100 cm³/mol. The number of carbonyl (C=O) groups is 3. The summed E-state index contributed by atoms with van der Waals surface area (Å²) in [5, 5.41) is 10.2. The lowest BCUT2D eigenvalue weighted by molar-refractivity contribution is -0.153. The summed E-state index contributed by atoms with van der Waals surface area (Å²) >= 11 is 0. The maximum atomic E-state index is 13.5. The number of hydrogen-bond donors (Lipinski definition) is 1. The minimum Gasteiger partial charge on any atom is -0.465 e. The van der Waals surface area contributed by atoms with Crippen molar-refractivity contribution in [3.05, 3.63) is 59.6 Å². The molecule has 2 heterocycles. The quantitative estimate of drug-likeness (QED) is 0.755. The van der Waals surface area contributed by atoms with Crippen LogP contribution in [-0.4, -0.2) is 41.3 Å². The highest BCUT2D eigenvalue weighted by Gasteiger charge is 2.66. The van der Waals surface area contributed by atoms with Gasteiger partial charge < -0.3 is 15.4 Å². The number of fused-ring (bicyclic) bond motifs is 1. The minimum absolute atomic E-state index is 0.0323. The van der Waals surface area contributed by atoms with Gasteiger partial charge in [0.05, 0.1) is 18.7 Å². The number of rotatable bonds is 5. The molecule has 0 spiro atoms. The number of ketones is 1. The van der Waals surface area contributed by atoms with Gasteiger partial charge in [-0.2, -0.15) is 5.26 Å². The van der Waals surface area contributed by atoms with Crippen LogP contribution < -0.4 is 5.73 Å². The molecule has 0 radical (unpaired) electrons. The Morgan fingerprint density at radius 1 is 1.31 bits per heavy atom. The smallest absolute Gasteiger partial charge is 0.329 e. The number of esters is 1. The number of nitriles is 1. The Morgan fingerprint density at radius 2 is 1.97 bits per heavy atom. The van der Waals surface area contributed by atoms with Gasteiger partial charge in [0.25, 0.3) is 0 Å². The number of nitrogens with two attached hydrogens (primary N) is 1. The van der Waals surface area contributed by atoms with Crippen molar-refractivity contribution in [3.63, 3.8) is 0 Å². The van der Waals surface area contributed by atoms with Gasteiger partial charge in [-0.3, -0.25) is 14.4 Å². The maximum Gasteiger partial charge on any atom is 0.329 e. The molecule has 1 saturated heterocycles. The molecular weight excluding hydrogens is 377 g/mol. The Labute approximate surface area is 167 Å². The first-order valence-corrected chi connectivity index (χ1v) is 9.09. The molecular formula is C21H20FN3O4. The van der Waals surface area contributed by atoms with Crippen LogP contribution in [-0.2, 0) is 19.1 Å². The average Bonchev–Trinajstić information content (AvgIpc) is 2.99. The molecule has 0 aromatic heterocycles. The second-order valence-electron chi connectivity index (χ2n) is 6.97. The van der Waals surface area contributed by atoms with Gasteiger partial charge in [0.2, 0.25) is 5.91 Å². The van der Waals surface area contributed by atoms with E-state index in [9.17, 15) is 24.0 Å². The molecule has 29 heavy (non-hydrogen) atoms. The van der Waals surface area contributed by atoms with Crippen molar-refractivity contribution in [2.24, 2.45) is 11.1 Å². The van der Waals surface area contributed by atoms with Crippen LogP contribution in [0.1, 0.15) is 25.3 Å². The molecule has 7 nitrogen and oxygen atoms in total. The van der Waals surface area contributed by atoms with Crippen molar-refractivity contribution in [2.45, 2.75) is 31.8 Å². The number of hydrogen-bond acceptors (Lipinski definition) is 6. The molecule has 2 aliphatic rings. The number of halogens is 1. The Hall–Kier alpha value is -3.47. The number of carbonyl (C=O) groups excluding carboxylic acids is 3. The third kappa shape index (κ3) is 3.09. The number of primary amides is 1. The van der Waals surface area contributed by atoms with E-state index in [2.05, 4.69) is 6.07 Å². The fraction of sp³-hybridized carbons (Fsp3) is 0.333. The first kappa shape index (κ1) is 20.3. The van der Waals surface area contributed by atoms with Crippen molar-refractivity contribution < 1.29 is 23.5 Å². The standard InChI is InChI=1S/C21H20FN3O4/c1-3-29-20(28)21(11-23)16-9-6-14(12(2)26)10-25(16)18(19(24)27)17(21)13-4-7-15(22)8-5-13/h4-10,16-18H,3H2,1-2H3,(H2,24,27)/t16-,17-,18+,21+/m0/s1. The van der Waals surface area contributed by atoms with Gasteiger partial charge in [-0.25, -0.2) is 4.39 Å². The van der Waals surface area contributed by atoms with E-state index in [-0.39, 0.29) is 12.4 Å². The van der Waals surface area contributed by atoms with Crippen LogP contribution in [0.3, 0.4) is 0 Å². The zero-order valence-electron chi connectivity index (χ0n) is 16.0. The molecule has 3 rings (SSSR count). The number of ether oxygens (including phenoxy) is 1. The highest BCUT2D eigenvalue weighted by molar-refractivity contribution is 5.97. The molecule has 0 bridgehead atoms. The zero-order chi connectivity index (χ0) is 21.3. The largest absolute Gasteiger partial charge is 0.465 e. The molecule has 1 amide bonds. The summed E-state index contributed by atoms with van der Waals surface area (Å²) in [5.41, 5.74) is 4.56. The second-order valence-corrected chi connectivity index (χ2v) is 6.97. The summed E-state index contributed by atoms with van der Waals surface area (Å²) in [7, 11) is 0. The summed E-state index contributed by atoms with van der Waals surface area (Å²) in [6.07, 6.45) is 4.49. The van der Waals surface area contributed by atoms with Crippen LogP contribution in [0.2, 0.25) is 0 Å². The van der Waals surface area contributed by atoms with Crippen molar-refractivity contribution in [1.29, 1.82) is 5.26 Å². The SMILES string of the molecule is CCOC(=O)[C@]1(C#N)[C@@H]2C=CC(C(C)=O)=CN2[C@@H](C(N)=O)[C@@H]1c1ccc(F)cc1. The van der Waals surface area contributed by atoms with E-state index in [1.807, 2.05) is 0 Å². The summed E-state index contributed by atoms with van der Waals surface area (Å²) in [4.78, 5) is 38.9. The molecule has 8 heteroatoms. The van der Waals surface area contributed by atoms with E-state index in [1.165, 1.54) is 54.4 Å². The average molecular weight is 397 g/mol. The van der Waals surface area contributed by atoms with Crippen molar-refractivity contribution in [2.75, 3.05) is 6.61 Å². The molecule has 1 aromatic rings.